The number of rotatable bonds is 6. The number of aliphatic hydroxyl groups excluding tert-OH is 1. The van der Waals surface area contributed by atoms with Crippen molar-refractivity contribution in [3.05, 3.63) is 52.5 Å². The van der Waals surface area contributed by atoms with Crippen molar-refractivity contribution >= 4 is 17.2 Å². The van der Waals surface area contributed by atoms with Crippen molar-refractivity contribution < 1.29 is 9.90 Å². The second kappa shape index (κ2) is 7.01. The largest absolute Gasteiger partial charge is 0.396 e. The topological polar surface area (TPSA) is 62.2 Å². The molecule has 1 aromatic carbocycles. The van der Waals surface area contributed by atoms with E-state index in [2.05, 4.69) is 10.3 Å². The van der Waals surface area contributed by atoms with Crippen LogP contribution in [-0.2, 0) is 0 Å². The van der Waals surface area contributed by atoms with Crippen LogP contribution in [0.3, 0.4) is 0 Å². The van der Waals surface area contributed by atoms with Gasteiger partial charge in [-0.1, -0.05) is 30.3 Å². The molecule has 1 amide bonds. The number of benzene rings is 1. The molecule has 0 aliphatic carbocycles. The number of nitrogens with zero attached hydrogens (tertiary/aromatic N) is 1. The van der Waals surface area contributed by atoms with Gasteiger partial charge in [-0.15, -0.1) is 11.3 Å². The van der Waals surface area contributed by atoms with E-state index in [1.54, 1.807) is 10.9 Å². The highest BCUT2D eigenvalue weighted by Crippen LogP contribution is 2.18. The van der Waals surface area contributed by atoms with Gasteiger partial charge in [0.1, 0.15) is 5.69 Å². The van der Waals surface area contributed by atoms with Crippen LogP contribution in [0.25, 0.3) is 0 Å². The fraction of sp³-hybridized carbons (Fsp3) is 0.286. The summed E-state index contributed by atoms with van der Waals surface area (Å²) >= 11 is 1.40. The Balaban J connectivity index is 2.08. The number of carbonyl (C=O) groups excluding carboxylic acids is 1. The molecule has 0 saturated carbocycles. The van der Waals surface area contributed by atoms with Gasteiger partial charge in [-0.05, 0) is 18.4 Å². The maximum Gasteiger partial charge on any atom is 0.271 e. The van der Waals surface area contributed by atoms with Gasteiger partial charge in [-0.3, -0.25) is 4.79 Å². The van der Waals surface area contributed by atoms with E-state index >= 15 is 0 Å². The van der Waals surface area contributed by atoms with Crippen LogP contribution in [0.15, 0.2) is 41.2 Å². The number of aromatic nitrogens is 1. The average Bonchev–Trinajstić information content (AvgIpc) is 2.98. The van der Waals surface area contributed by atoms with Crippen molar-refractivity contribution in [2.24, 2.45) is 0 Å². The van der Waals surface area contributed by atoms with Crippen molar-refractivity contribution in [1.82, 2.24) is 10.3 Å². The molecule has 0 aliphatic rings. The van der Waals surface area contributed by atoms with Gasteiger partial charge in [0.15, 0.2) is 0 Å². The van der Waals surface area contributed by atoms with E-state index in [0.717, 1.165) is 5.56 Å². The lowest BCUT2D eigenvalue weighted by Gasteiger charge is -2.18. The average molecular weight is 276 g/mol. The molecular weight excluding hydrogens is 260 g/mol. The summed E-state index contributed by atoms with van der Waals surface area (Å²) in [5.74, 6) is -0.173. The van der Waals surface area contributed by atoms with Crippen molar-refractivity contribution in [2.75, 3.05) is 6.61 Å². The smallest absolute Gasteiger partial charge is 0.271 e. The zero-order chi connectivity index (χ0) is 13.5. The maximum absolute atomic E-state index is 12.0. The summed E-state index contributed by atoms with van der Waals surface area (Å²) in [5, 5.41) is 13.6. The monoisotopic (exact) mass is 276 g/mol. The molecule has 1 aromatic heterocycles. The minimum atomic E-state index is -0.173. The van der Waals surface area contributed by atoms with Gasteiger partial charge < -0.3 is 10.4 Å². The molecular formula is C14H16N2O2S. The minimum Gasteiger partial charge on any atom is -0.396 e. The van der Waals surface area contributed by atoms with Gasteiger partial charge >= 0.3 is 0 Å². The number of aliphatic hydroxyl groups is 1. The Hall–Kier alpha value is -1.72. The Labute approximate surface area is 116 Å². The van der Waals surface area contributed by atoms with Gasteiger partial charge in [0.25, 0.3) is 5.91 Å². The highest BCUT2D eigenvalue weighted by molar-refractivity contribution is 7.07. The summed E-state index contributed by atoms with van der Waals surface area (Å²) in [7, 11) is 0. The maximum atomic E-state index is 12.0. The zero-order valence-corrected chi connectivity index (χ0v) is 11.3. The summed E-state index contributed by atoms with van der Waals surface area (Å²) in [6, 6.07) is 9.68. The molecule has 0 spiro atoms. The Morgan fingerprint density at radius 3 is 2.79 bits per heavy atom. The number of amides is 1. The van der Waals surface area contributed by atoms with Crippen LogP contribution in [0, 0.1) is 0 Å². The highest BCUT2D eigenvalue weighted by atomic mass is 32.1. The van der Waals surface area contributed by atoms with Crippen molar-refractivity contribution in [1.29, 1.82) is 0 Å². The van der Waals surface area contributed by atoms with Crippen molar-refractivity contribution in [3.63, 3.8) is 0 Å². The number of hydrogen-bond donors (Lipinski definition) is 2. The summed E-state index contributed by atoms with van der Waals surface area (Å²) in [4.78, 5) is 16.0. The summed E-state index contributed by atoms with van der Waals surface area (Å²) < 4.78 is 0. The number of thiazole rings is 1. The van der Waals surface area contributed by atoms with Gasteiger partial charge in [-0.2, -0.15) is 0 Å². The van der Waals surface area contributed by atoms with Gasteiger partial charge in [0.2, 0.25) is 0 Å². The van der Waals surface area contributed by atoms with E-state index in [0.29, 0.717) is 18.5 Å². The van der Waals surface area contributed by atoms with Gasteiger partial charge in [-0.25, -0.2) is 4.98 Å². The first kappa shape index (κ1) is 13.7. The second-order valence-corrected chi connectivity index (χ2v) is 4.89. The molecule has 1 unspecified atom stereocenters. The Bertz CT molecular complexity index is 499. The molecule has 2 aromatic rings. The first-order chi connectivity index (χ1) is 9.31. The number of hydrogen-bond acceptors (Lipinski definition) is 4. The molecule has 1 heterocycles. The number of carbonyl (C=O) groups is 1. The quantitative estimate of drug-likeness (QED) is 0.851. The van der Waals surface area contributed by atoms with E-state index in [-0.39, 0.29) is 18.6 Å². The molecule has 1 atom stereocenters. The molecule has 19 heavy (non-hydrogen) atoms. The summed E-state index contributed by atoms with van der Waals surface area (Å²) in [6.45, 7) is 0.121. The number of nitrogens with one attached hydrogen (secondary N) is 1. The van der Waals surface area contributed by atoms with Gasteiger partial charge in [0, 0.05) is 12.0 Å². The van der Waals surface area contributed by atoms with E-state index in [1.807, 2.05) is 30.3 Å². The standard InChI is InChI=1S/C14H16N2O2S/c17-8-4-7-12(11-5-2-1-3-6-11)16-14(18)13-9-19-10-15-13/h1-3,5-6,9-10,12,17H,4,7-8H2,(H,16,18). The molecule has 5 heteroatoms. The Morgan fingerprint density at radius 1 is 1.37 bits per heavy atom. The van der Waals surface area contributed by atoms with E-state index in [9.17, 15) is 4.79 Å². The SMILES string of the molecule is O=C(NC(CCCO)c1ccccc1)c1cscn1. The second-order valence-electron chi connectivity index (χ2n) is 4.18. The van der Waals surface area contributed by atoms with Crippen LogP contribution < -0.4 is 5.32 Å². The fourth-order valence-electron chi connectivity index (χ4n) is 1.86. The van der Waals surface area contributed by atoms with Crippen LogP contribution in [0.1, 0.15) is 34.9 Å². The molecule has 2 rings (SSSR count). The van der Waals surface area contributed by atoms with Crippen LogP contribution in [-0.4, -0.2) is 22.6 Å². The molecule has 100 valence electrons. The Kier molecular flexibility index (Phi) is 5.06. The predicted molar refractivity (Wildman–Crippen MR) is 75.1 cm³/mol. The third-order valence-corrected chi connectivity index (χ3v) is 3.41. The van der Waals surface area contributed by atoms with Crippen LogP contribution >= 0.6 is 11.3 Å². The molecule has 0 aliphatic heterocycles. The first-order valence-corrected chi connectivity index (χ1v) is 7.10. The third kappa shape index (κ3) is 3.87. The van der Waals surface area contributed by atoms with Crippen LogP contribution in [0.5, 0.6) is 0 Å². The van der Waals surface area contributed by atoms with E-state index < -0.39 is 0 Å². The van der Waals surface area contributed by atoms with Crippen molar-refractivity contribution in [2.45, 2.75) is 18.9 Å². The molecule has 0 radical (unpaired) electrons. The van der Waals surface area contributed by atoms with E-state index in [1.165, 1.54) is 11.3 Å². The fourth-order valence-corrected chi connectivity index (χ4v) is 2.39. The lowest BCUT2D eigenvalue weighted by molar-refractivity contribution is 0.0928. The lowest BCUT2D eigenvalue weighted by atomic mass is 10.0. The van der Waals surface area contributed by atoms with Crippen LogP contribution in [0.2, 0.25) is 0 Å². The molecule has 2 N–H and O–H groups in total. The highest BCUT2D eigenvalue weighted by Gasteiger charge is 2.16. The molecule has 0 saturated heterocycles. The molecule has 4 nitrogen and oxygen atoms in total. The minimum absolute atomic E-state index is 0.0949. The molecule has 0 bridgehead atoms. The predicted octanol–water partition coefficient (Wildman–Crippen LogP) is 2.39. The Morgan fingerprint density at radius 2 is 2.16 bits per heavy atom. The summed E-state index contributed by atoms with van der Waals surface area (Å²) in [5.41, 5.74) is 3.12. The van der Waals surface area contributed by atoms with E-state index in [4.69, 9.17) is 5.11 Å². The third-order valence-electron chi connectivity index (χ3n) is 2.82. The summed E-state index contributed by atoms with van der Waals surface area (Å²) in [6.07, 6.45) is 1.35. The van der Waals surface area contributed by atoms with Crippen LogP contribution in [0.4, 0.5) is 0 Å². The first-order valence-electron chi connectivity index (χ1n) is 6.16. The van der Waals surface area contributed by atoms with Crippen molar-refractivity contribution in [3.8, 4) is 0 Å². The molecule has 0 fully saturated rings. The van der Waals surface area contributed by atoms with Gasteiger partial charge in [0.05, 0.1) is 11.6 Å². The zero-order valence-electron chi connectivity index (χ0n) is 10.5. The normalized spacial score (nSPS) is 12.1. The lowest BCUT2D eigenvalue weighted by Crippen LogP contribution is -2.29.